The quantitative estimate of drug-likeness (QED) is 0.230. The normalized spacial score (nSPS) is 12.5. The van der Waals surface area contributed by atoms with Crippen LogP contribution in [-0.2, 0) is 32.6 Å². The Morgan fingerprint density at radius 3 is 2.52 bits per heavy atom. The van der Waals surface area contributed by atoms with Crippen LogP contribution < -0.4 is 4.74 Å². The lowest BCUT2D eigenvalue weighted by Gasteiger charge is -2.23. The molecule has 0 fully saturated rings. The van der Waals surface area contributed by atoms with Crippen LogP contribution in [0.3, 0.4) is 0 Å². The van der Waals surface area contributed by atoms with Gasteiger partial charge in [0.15, 0.2) is 11.4 Å². The first kappa shape index (κ1) is 22.5. The van der Waals surface area contributed by atoms with Crippen LogP contribution in [0.1, 0.15) is 35.8 Å². The number of rotatable bonds is 7. The number of esters is 1. The second-order valence-corrected chi connectivity index (χ2v) is 8.00. The maximum atomic E-state index is 12.7. The zero-order valence-electron chi connectivity index (χ0n) is 17.1. The Hall–Kier alpha value is -3.15. The molecule has 0 aliphatic rings. The van der Waals surface area contributed by atoms with Crippen LogP contribution >= 0.6 is 11.3 Å². The van der Waals surface area contributed by atoms with Crippen molar-refractivity contribution in [3.05, 3.63) is 46.2 Å². The highest BCUT2D eigenvalue weighted by Crippen LogP contribution is 2.33. The number of aromatic nitrogens is 3. The highest BCUT2D eigenvalue weighted by Gasteiger charge is 2.32. The summed E-state index contributed by atoms with van der Waals surface area (Å²) in [5.41, 5.74) is -1.05. The average molecular weight is 456 g/mol. The van der Waals surface area contributed by atoms with Crippen molar-refractivity contribution in [3.63, 3.8) is 0 Å². The molecular formula is C19H19F3N4O4S. The minimum atomic E-state index is -4.41. The fourth-order valence-electron chi connectivity index (χ4n) is 2.65. The molecule has 3 rings (SSSR count). The third-order valence-electron chi connectivity index (χ3n) is 4.24. The molecule has 1 aromatic carbocycles. The number of benzene rings is 1. The van der Waals surface area contributed by atoms with Gasteiger partial charge in [-0.25, -0.2) is 4.52 Å². The van der Waals surface area contributed by atoms with Crippen molar-refractivity contribution in [2.75, 3.05) is 7.11 Å². The van der Waals surface area contributed by atoms with Crippen molar-refractivity contribution in [2.45, 2.75) is 39.0 Å². The molecule has 0 atom stereocenters. The molecule has 2 aromatic heterocycles. The molecule has 0 bridgehead atoms. The molecule has 0 radical (unpaired) electrons. The van der Waals surface area contributed by atoms with Gasteiger partial charge in [0.25, 0.3) is 0 Å². The van der Waals surface area contributed by atoms with Crippen molar-refractivity contribution in [2.24, 2.45) is 5.16 Å². The van der Waals surface area contributed by atoms with Crippen LogP contribution in [0.5, 0.6) is 5.75 Å². The largest absolute Gasteiger partial charge is 0.480 e. The number of carbonyl (C=O) groups is 1. The smallest absolute Gasteiger partial charge is 0.416 e. The molecule has 0 amide bonds. The molecule has 0 saturated carbocycles. The highest BCUT2D eigenvalue weighted by atomic mass is 32.1. The Balaban J connectivity index is 1.76. The van der Waals surface area contributed by atoms with Gasteiger partial charge in [0.2, 0.25) is 11.4 Å². The van der Waals surface area contributed by atoms with E-state index in [1.807, 2.05) is 0 Å². The number of ether oxygens (including phenoxy) is 2. The van der Waals surface area contributed by atoms with Gasteiger partial charge in [-0.1, -0.05) is 16.5 Å². The number of aryl methyl sites for hydroxylation is 1. The number of thiazole rings is 1. The molecule has 0 unspecified atom stereocenters. The van der Waals surface area contributed by atoms with E-state index in [0.29, 0.717) is 16.5 Å². The van der Waals surface area contributed by atoms with Crippen molar-refractivity contribution in [3.8, 4) is 5.75 Å². The van der Waals surface area contributed by atoms with E-state index in [2.05, 4.69) is 20.1 Å². The van der Waals surface area contributed by atoms with Gasteiger partial charge in [-0.15, -0.1) is 5.10 Å². The Labute approximate surface area is 179 Å². The molecule has 3 aromatic rings. The Kier molecular flexibility index (Phi) is 6.20. The molecule has 31 heavy (non-hydrogen) atoms. The molecule has 0 saturated heterocycles. The van der Waals surface area contributed by atoms with E-state index in [1.165, 1.54) is 30.6 Å². The Bertz CT molecular complexity index is 1100. The summed E-state index contributed by atoms with van der Waals surface area (Å²) >= 11 is 1.27. The first-order valence-electron chi connectivity index (χ1n) is 8.97. The summed E-state index contributed by atoms with van der Waals surface area (Å²) in [4.78, 5) is 22.0. The second-order valence-electron chi connectivity index (χ2n) is 6.93. The van der Waals surface area contributed by atoms with Gasteiger partial charge in [-0.2, -0.15) is 18.2 Å². The lowest BCUT2D eigenvalue weighted by molar-refractivity contribution is -0.137. The number of carbonyl (C=O) groups excluding carboxylic acids is 1. The zero-order valence-corrected chi connectivity index (χ0v) is 17.9. The molecule has 0 aliphatic heterocycles. The summed E-state index contributed by atoms with van der Waals surface area (Å²) < 4.78 is 50.4. The maximum Gasteiger partial charge on any atom is 0.416 e. The number of alkyl halides is 3. The monoisotopic (exact) mass is 456 g/mol. The molecule has 8 nitrogen and oxygen atoms in total. The number of hydrogen-bond donors (Lipinski definition) is 0. The molecule has 12 heteroatoms. The number of halogens is 3. The highest BCUT2D eigenvalue weighted by molar-refractivity contribution is 7.17. The van der Waals surface area contributed by atoms with E-state index in [9.17, 15) is 18.0 Å². The summed E-state index contributed by atoms with van der Waals surface area (Å²) in [5, 5.41) is 7.79. The molecule has 2 heterocycles. The summed E-state index contributed by atoms with van der Waals surface area (Å²) in [5.74, 6) is 0.0942. The molecule has 0 aliphatic carbocycles. The van der Waals surface area contributed by atoms with Gasteiger partial charge in [0, 0.05) is 4.88 Å². The third-order valence-corrected chi connectivity index (χ3v) is 5.38. The van der Waals surface area contributed by atoms with Gasteiger partial charge in [-0.05, 0) is 45.0 Å². The Morgan fingerprint density at radius 1 is 1.26 bits per heavy atom. The summed E-state index contributed by atoms with van der Waals surface area (Å²) in [6, 6.07) is 4.42. The number of nitrogens with zero attached hydrogens (tertiary/aromatic N) is 4. The van der Waals surface area contributed by atoms with Gasteiger partial charge in [0.1, 0.15) is 12.9 Å². The van der Waals surface area contributed by atoms with Gasteiger partial charge in [0.05, 0.1) is 17.7 Å². The minimum absolute atomic E-state index is 0.0120. The van der Waals surface area contributed by atoms with Gasteiger partial charge in [-0.3, -0.25) is 4.79 Å². The molecular weight excluding hydrogens is 437 g/mol. The molecule has 0 spiro atoms. The van der Waals surface area contributed by atoms with Gasteiger partial charge < -0.3 is 14.3 Å². The fraction of sp³-hybridized carbons (Fsp3) is 0.368. The van der Waals surface area contributed by atoms with E-state index in [0.717, 1.165) is 23.4 Å². The maximum absolute atomic E-state index is 12.7. The lowest BCUT2D eigenvalue weighted by atomic mass is 10.1. The average Bonchev–Trinajstić information content (AvgIpc) is 3.22. The number of hydrogen-bond acceptors (Lipinski definition) is 8. The predicted molar refractivity (Wildman–Crippen MR) is 106 cm³/mol. The van der Waals surface area contributed by atoms with E-state index in [4.69, 9.17) is 9.47 Å². The van der Waals surface area contributed by atoms with E-state index in [1.54, 1.807) is 25.3 Å². The number of oxime groups is 1. The van der Waals surface area contributed by atoms with E-state index in [-0.39, 0.29) is 12.2 Å². The van der Waals surface area contributed by atoms with E-state index >= 15 is 0 Å². The van der Waals surface area contributed by atoms with Crippen LogP contribution in [0, 0.1) is 6.92 Å². The van der Waals surface area contributed by atoms with Crippen LogP contribution in [0.15, 0.2) is 29.4 Å². The van der Waals surface area contributed by atoms with Crippen LogP contribution in [0.4, 0.5) is 13.2 Å². The van der Waals surface area contributed by atoms with Crippen LogP contribution in [0.25, 0.3) is 4.96 Å². The van der Waals surface area contributed by atoms with E-state index < -0.39 is 23.3 Å². The number of fused-ring (bicyclic) bond motifs is 1. The first-order valence-corrected chi connectivity index (χ1v) is 9.79. The summed E-state index contributed by atoms with van der Waals surface area (Å²) in [6.45, 7) is 5.22. The van der Waals surface area contributed by atoms with Gasteiger partial charge >= 0.3 is 12.1 Å². The molecule has 0 N–H and O–H groups in total. The predicted octanol–water partition coefficient (Wildman–Crippen LogP) is 4.11. The fourth-order valence-corrected chi connectivity index (χ4v) is 3.69. The third kappa shape index (κ3) is 5.13. The Morgan fingerprint density at radius 2 is 1.94 bits per heavy atom. The van der Waals surface area contributed by atoms with Crippen molar-refractivity contribution in [1.29, 1.82) is 0 Å². The van der Waals surface area contributed by atoms with Crippen molar-refractivity contribution in [1.82, 2.24) is 14.6 Å². The standard InChI is InChI=1S/C19H19F3N4O4S/c1-11-14(9-15(27)29-10-23-28-4)31-17-24-16(25-26(11)17)18(2,3)30-13-7-5-12(6-8-13)19(20,21)22/h5-8,10H,9H2,1-4H3. The lowest BCUT2D eigenvalue weighted by Crippen LogP contribution is -2.27. The van der Waals surface area contributed by atoms with Crippen LogP contribution in [0.2, 0.25) is 0 Å². The summed E-state index contributed by atoms with van der Waals surface area (Å²) in [6.07, 6.45) is -3.49. The SMILES string of the molecule is CON=COC(=O)Cc1sc2nc(C(C)(C)Oc3ccc(C(F)(F)F)cc3)nn2c1C. The molecule has 166 valence electrons. The minimum Gasteiger partial charge on any atom is -0.480 e. The van der Waals surface area contributed by atoms with Crippen molar-refractivity contribution < 1.29 is 32.3 Å². The van der Waals surface area contributed by atoms with Crippen LogP contribution in [-0.4, -0.2) is 34.1 Å². The first-order chi connectivity index (χ1) is 14.5. The van der Waals surface area contributed by atoms with Crippen molar-refractivity contribution >= 4 is 28.7 Å². The topological polar surface area (TPSA) is 87.3 Å². The zero-order chi connectivity index (χ0) is 22.8. The second kappa shape index (κ2) is 8.53. The summed E-state index contributed by atoms with van der Waals surface area (Å²) in [7, 11) is 1.33.